The van der Waals surface area contributed by atoms with Crippen LogP contribution in [-0.4, -0.2) is 25.1 Å². The number of nitrogen functional groups attached to an aromatic ring is 1. The van der Waals surface area contributed by atoms with Gasteiger partial charge in [-0.3, -0.25) is 0 Å². The van der Waals surface area contributed by atoms with Gasteiger partial charge < -0.3 is 15.6 Å². The Morgan fingerprint density at radius 2 is 1.96 bits per heavy atom. The van der Waals surface area contributed by atoms with Gasteiger partial charge in [0.2, 0.25) is 17.8 Å². The largest absolute Gasteiger partial charge is 0.368 e. The second-order valence-corrected chi connectivity index (χ2v) is 6.39. The maximum Gasteiger partial charge on any atom is 0.239 e. The van der Waals surface area contributed by atoms with E-state index in [2.05, 4.69) is 30.4 Å². The highest BCUT2D eigenvalue weighted by Crippen LogP contribution is 2.29. The summed E-state index contributed by atoms with van der Waals surface area (Å²) < 4.78 is 5.17. The molecule has 0 spiro atoms. The van der Waals surface area contributed by atoms with Gasteiger partial charge in [-0.1, -0.05) is 23.4 Å². The van der Waals surface area contributed by atoms with Crippen LogP contribution in [0.25, 0.3) is 0 Å². The third kappa shape index (κ3) is 4.19. The van der Waals surface area contributed by atoms with Gasteiger partial charge in [-0.15, -0.1) is 11.8 Å². The summed E-state index contributed by atoms with van der Waals surface area (Å²) in [5.41, 5.74) is 6.67. The normalized spacial score (nSPS) is 12.1. The third-order valence-electron chi connectivity index (χ3n) is 3.08. The molecule has 9 heteroatoms. The van der Waals surface area contributed by atoms with Crippen molar-refractivity contribution in [3.05, 3.63) is 47.9 Å². The summed E-state index contributed by atoms with van der Waals surface area (Å²) in [6.07, 6.45) is 0. The first-order valence-corrected chi connectivity index (χ1v) is 8.39. The van der Waals surface area contributed by atoms with Crippen molar-refractivity contribution in [2.45, 2.75) is 24.9 Å². The van der Waals surface area contributed by atoms with E-state index in [1.807, 2.05) is 37.3 Å². The molecule has 3 aromatic rings. The number of rotatable bonds is 6. The molecular formula is C15H17N7OS. The molecule has 0 bridgehead atoms. The van der Waals surface area contributed by atoms with Gasteiger partial charge in [-0.2, -0.15) is 19.9 Å². The van der Waals surface area contributed by atoms with E-state index in [-0.39, 0.29) is 11.2 Å². The minimum absolute atomic E-state index is 0.0368. The van der Waals surface area contributed by atoms with Gasteiger partial charge in [0.15, 0.2) is 5.82 Å². The summed E-state index contributed by atoms with van der Waals surface area (Å²) in [5, 5.41) is 6.95. The Hall–Kier alpha value is -2.68. The van der Waals surface area contributed by atoms with Crippen molar-refractivity contribution in [3.8, 4) is 0 Å². The fourth-order valence-corrected chi connectivity index (χ4v) is 2.72. The highest BCUT2D eigenvalue weighted by atomic mass is 32.2. The smallest absolute Gasteiger partial charge is 0.239 e. The number of benzene rings is 1. The van der Waals surface area contributed by atoms with E-state index in [9.17, 15) is 0 Å². The van der Waals surface area contributed by atoms with Crippen LogP contribution in [-0.2, 0) is 5.75 Å². The Kier molecular flexibility index (Phi) is 4.90. The summed E-state index contributed by atoms with van der Waals surface area (Å²) in [4.78, 5) is 16.9. The van der Waals surface area contributed by atoms with Crippen LogP contribution in [0.4, 0.5) is 17.6 Å². The number of anilines is 3. The minimum atomic E-state index is 0.0368. The van der Waals surface area contributed by atoms with Crippen LogP contribution in [0.5, 0.6) is 0 Å². The zero-order chi connectivity index (χ0) is 16.9. The molecule has 0 unspecified atom stereocenters. The minimum Gasteiger partial charge on any atom is -0.368 e. The molecule has 24 heavy (non-hydrogen) atoms. The number of para-hydroxylation sites is 1. The molecule has 124 valence electrons. The van der Waals surface area contributed by atoms with Crippen LogP contribution in [0, 0.1) is 6.92 Å². The molecule has 3 N–H and O–H groups in total. The molecule has 1 aromatic carbocycles. The summed E-state index contributed by atoms with van der Waals surface area (Å²) in [6, 6.07) is 9.65. The monoisotopic (exact) mass is 343 g/mol. The molecule has 0 fully saturated rings. The van der Waals surface area contributed by atoms with E-state index in [0.29, 0.717) is 29.2 Å². The van der Waals surface area contributed by atoms with E-state index in [4.69, 9.17) is 10.3 Å². The average molecular weight is 343 g/mol. The summed E-state index contributed by atoms with van der Waals surface area (Å²) in [6.45, 7) is 3.78. The van der Waals surface area contributed by atoms with Crippen molar-refractivity contribution in [1.82, 2.24) is 25.1 Å². The lowest BCUT2D eigenvalue weighted by atomic mass is 10.3. The van der Waals surface area contributed by atoms with Gasteiger partial charge in [-0.05, 0) is 26.0 Å². The van der Waals surface area contributed by atoms with E-state index in [0.717, 1.165) is 5.69 Å². The third-order valence-corrected chi connectivity index (χ3v) is 4.21. The van der Waals surface area contributed by atoms with Crippen LogP contribution in [0.1, 0.15) is 29.7 Å². The quantitative estimate of drug-likeness (QED) is 0.696. The number of nitrogens with one attached hydrogen (secondary N) is 1. The number of aryl methyl sites for hydroxylation is 1. The molecule has 8 nitrogen and oxygen atoms in total. The lowest BCUT2D eigenvalue weighted by Gasteiger charge is -2.08. The lowest BCUT2D eigenvalue weighted by Crippen LogP contribution is -2.06. The standard InChI is InChI=1S/C15H17N7OS/c1-9(13-17-10(2)22-23-13)24-8-12-19-14(16)21-15(20-12)18-11-6-4-3-5-7-11/h3-7,9H,8H2,1-2H3,(H3,16,18,19,20,21)/t9-/m0/s1. The Labute approximate surface area is 143 Å². The fraction of sp³-hybridized carbons (Fsp3) is 0.267. The van der Waals surface area contributed by atoms with Gasteiger partial charge >= 0.3 is 0 Å². The molecule has 2 heterocycles. The Balaban J connectivity index is 1.67. The molecule has 0 saturated heterocycles. The van der Waals surface area contributed by atoms with Gasteiger partial charge in [0, 0.05) is 5.69 Å². The molecule has 0 aliphatic rings. The second kappa shape index (κ2) is 7.26. The lowest BCUT2D eigenvalue weighted by molar-refractivity contribution is 0.376. The highest BCUT2D eigenvalue weighted by molar-refractivity contribution is 7.98. The first-order chi connectivity index (χ1) is 11.6. The first kappa shape index (κ1) is 16.2. The second-order valence-electron chi connectivity index (χ2n) is 5.06. The molecule has 0 saturated carbocycles. The molecular weight excluding hydrogens is 326 g/mol. The van der Waals surface area contributed by atoms with E-state index in [1.54, 1.807) is 18.7 Å². The number of nitrogens with two attached hydrogens (primary N) is 1. The van der Waals surface area contributed by atoms with Crippen LogP contribution in [0.15, 0.2) is 34.9 Å². The van der Waals surface area contributed by atoms with E-state index in [1.165, 1.54) is 0 Å². The van der Waals surface area contributed by atoms with Gasteiger partial charge in [0.25, 0.3) is 0 Å². The Morgan fingerprint density at radius 1 is 1.17 bits per heavy atom. The topological polar surface area (TPSA) is 116 Å². The maximum atomic E-state index is 5.78. The maximum absolute atomic E-state index is 5.78. The molecule has 1 atom stereocenters. The highest BCUT2D eigenvalue weighted by Gasteiger charge is 2.15. The summed E-state index contributed by atoms with van der Waals surface area (Å²) in [7, 11) is 0. The average Bonchev–Trinajstić information content (AvgIpc) is 3.00. The zero-order valence-electron chi connectivity index (χ0n) is 13.3. The zero-order valence-corrected chi connectivity index (χ0v) is 14.1. The van der Waals surface area contributed by atoms with Gasteiger partial charge in [0.1, 0.15) is 5.82 Å². The van der Waals surface area contributed by atoms with Gasteiger partial charge in [-0.25, -0.2) is 0 Å². The van der Waals surface area contributed by atoms with Gasteiger partial charge in [0.05, 0.1) is 11.0 Å². The molecule has 3 rings (SSSR count). The summed E-state index contributed by atoms with van der Waals surface area (Å²) >= 11 is 1.59. The first-order valence-electron chi connectivity index (χ1n) is 7.34. The molecule has 0 radical (unpaired) electrons. The Morgan fingerprint density at radius 3 is 2.67 bits per heavy atom. The van der Waals surface area contributed by atoms with E-state index < -0.39 is 0 Å². The van der Waals surface area contributed by atoms with Crippen molar-refractivity contribution < 1.29 is 4.52 Å². The predicted octanol–water partition coefficient (Wildman–Crippen LogP) is 2.88. The number of hydrogen-bond donors (Lipinski definition) is 2. The SMILES string of the molecule is Cc1noc([C@H](C)SCc2nc(N)nc(Nc3ccccc3)n2)n1. The fourth-order valence-electron chi connectivity index (χ4n) is 1.96. The van der Waals surface area contributed by atoms with Crippen molar-refractivity contribution in [1.29, 1.82) is 0 Å². The van der Waals surface area contributed by atoms with Crippen molar-refractivity contribution in [2.24, 2.45) is 0 Å². The Bertz CT molecular complexity index is 809. The molecule has 0 aliphatic carbocycles. The van der Waals surface area contributed by atoms with Crippen LogP contribution in [0.3, 0.4) is 0 Å². The van der Waals surface area contributed by atoms with Crippen LogP contribution >= 0.6 is 11.8 Å². The summed E-state index contributed by atoms with van der Waals surface area (Å²) in [5.74, 6) is 2.96. The number of hydrogen-bond acceptors (Lipinski definition) is 9. The number of thioether (sulfide) groups is 1. The number of aromatic nitrogens is 5. The van der Waals surface area contributed by atoms with Crippen molar-refractivity contribution in [3.63, 3.8) is 0 Å². The van der Waals surface area contributed by atoms with Crippen molar-refractivity contribution >= 4 is 29.3 Å². The van der Waals surface area contributed by atoms with Crippen LogP contribution in [0.2, 0.25) is 0 Å². The molecule has 2 aromatic heterocycles. The van der Waals surface area contributed by atoms with Crippen molar-refractivity contribution in [2.75, 3.05) is 11.1 Å². The molecule has 0 aliphatic heterocycles. The van der Waals surface area contributed by atoms with E-state index >= 15 is 0 Å². The predicted molar refractivity (Wildman–Crippen MR) is 92.7 cm³/mol. The molecule has 0 amide bonds. The number of nitrogens with zero attached hydrogens (tertiary/aromatic N) is 5. The van der Waals surface area contributed by atoms with Crippen LogP contribution < -0.4 is 11.1 Å².